The van der Waals surface area contributed by atoms with E-state index in [1.807, 2.05) is 10.6 Å². The normalized spacial score (nSPS) is 11.7. The van der Waals surface area contributed by atoms with E-state index in [4.69, 9.17) is 16.3 Å². The molecule has 0 N–H and O–H groups in total. The van der Waals surface area contributed by atoms with Crippen molar-refractivity contribution in [3.63, 3.8) is 0 Å². The average molecular weight is 369 g/mol. The van der Waals surface area contributed by atoms with E-state index in [1.54, 1.807) is 6.20 Å². The number of hydrogen-bond acceptors (Lipinski definition) is 3. The molecule has 0 aliphatic carbocycles. The molecule has 4 nitrogen and oxygen atoms in total. The Bertz CT molecular complexity index is 579. The van der Waals surface area contributed by atoms with Crippen LogP contribution in [0.15, 0.2) is 16.7 Å². The highest BCUT2D eigenvalue weighted by atomic mass is 79.9. The van der Waals surface area contributed by atoms with Gasteiger partial charge in [-0.25, -0.2) is 18.7 Å². The van der Waals surface area contributed by atoms with Gasteiger partial charge >= 0.3 is 0 Å². The Morgan fingerprint density at radius 1 is 1.45 bits per heavy atom. The fraction of sp³-hybridized carbons (Fsp3) is 0.500. The fourth-order valence-corrected chi connectivity index (χ4v) is 2.36. The van der Waals surface area contributed by atoms with Crippen LogP contribution in [0.2, 0.25) is 0 Å². The van der Waals surface area contributed by atoms with E-state index in [0.29, 0.717) is 24.5 Å². The Labute approximate surface area is 128 Å². The summed E-state index contributed by atoms with van der Waals surface area (Å²) in [5.41, 5.74) is 1.45. The maximum absolute atomic E-state index is 12.0. The molecule has 0 fully saturated rings. The second-order valence-corrected chi connectivity index (χ2v) is 5.37. The molecular formula is C12H13BrClF2N3O. The number of aromatic nitrogens is 3. The Morgan fingerprint density at radius 2 is 2.25 bits per heavy atom. The number of fused-ring (bicyclic) bond motifs is 1. The molecule has 0 saturated carbocycles. The van der Waals surface area contributed by atoms with E-state index in [1.165, 1.54) is 0 Å². The summed E-state index contributed by atoms with van der Waals surface area (Å²) in [5.74, 6) is 1.21. The van der Waals surface area contributed by atoms with Crippen LogP contribution in [0.3, 0.4) is 0 Å². The third-order valence-electron chi connectivity index (χ3n) is 2.65. The van der Waals surface area contributed by atoms with Crippen LogP contribution >= 0.6 is 27.5 Å². The van der Waals surface area contributed by atoms with E-state index in [-0.39, 0.29) is 6.61 Å². The van der Waals surface area contributed by atoms with Crippen molar-refractivity contribution in [2.24, 2.45) is 0 Å². The minimum absolute atomic E-state index is 0.183. The number of nitrogens with zero attached hydrogens (tertiary/aromatic N) is 3. The third kappa shape index (κ3) is 3.86. The summed E-state index contributed by atoms with van der Waals surface area (Å²) in [6.07, 6.45) is -0.194. The third-order valence-corrected chi connectivity index (χ3v) is 3.27. The molecule has 8 heteroatoms. The van der Waals surface area contributed by atoms with Gasteiger partial charge in [-0.2, -0.15) is 0 Å². The lowest BCUT2D eigenvalue weighted by atomic mass is 10.4. The van der Waals surface area contributed by atoms with Gasteiger partial charge in [0.2, 0.25) is 0 Å². The van der Waals surface area contributed by atoms with Crippen LogP contribution < -0.4 is 0 Å². The number of pyridine rings is 1. The van der Waals surface area contributed by atoms with Crippen LogP contribution in [0.4, 0.5) is 8.78 Å². The number of alkyl halides is 3. The van der Waals surface area contributed by atoms with Gasteiger partial charge in [0.1, 0.15) is 17.9 Å². The zero-order valence-electron chi connectivity index (χ0n) is 10.5. The smallest absolute Gasteiger partial charge is 0.261 e. The molecule has 0 atom stereocenters. The summed E-state index contributed by atoms with van der Waals surface area (Å²) in [5, 5.41) is 0. The van der Waals surface area contributed by atoms with Crippen LogP contribution in [0, 0.1) is 0 Å². The first-order valence-electron chi connectivity index (χ1n) is 6.04. The van der Waals surface area contributed by atoms with Crippen LogP contribution in [-0.2, 0) is 17.7 Å². The summed E-state index contributed by atoms with van der Waals surface area (Å²) >= 11 is 9.10. The minimum Gasteiger partial charge on any atom is -0.374 e. The number of aryl methyl sites for hydroxylation is 1. The van der Waals surface area contributed by atoms with Gasteiger partial charge < -0.3 is 9.30 Å². The van der Waals surface area contributed by atoms with Crippen LogP contribution in [0.5, 0.6) is 0 Å². The first-order chi connectivity index (χ1) is 9.61. The molecular weight excluding hydrogens is 356 g/mol. The van der Waals surface area contributed by atoms with E-state index in [0.717, 1.165) is 15.8 Å². The number of hydrogen-bond donors (Lipinski definition) is 0. The SMILES string of the molecule is FC(F)COCCn1c(CCCl)nc2cc(Br)cnc21. The van der Waals surface area contributed by atoms with Crippen molar-refractivity contribution in [1.29, 1.82) is 0 Å². The predicted octanol–water partition coefficient (Wildman–Crippen LogP) is 3.26. The molecule has 0 amide bonds. The molecule has 0 aromatic carbocycles. The second kappa shape index (κ2) is 7.28. The van der Waals surface area contributed by atoms with E-state index >= 15 is 0 Å². The summed E-state index contributed by atoms with van der Waals surface area (Å²) in [6.45, 7) is 0.0450. The maximum atomic E-state index is 12.0. The molecule has 110 valence electrons. The molecule has 20 heavy (non-hydrogen) atoms. The summed E-state index contributed by atoms with van der Waals surface area (Å²) in [4.78, 5) is 8.76. The second-order valence-electron chi connectivity index (χ2n) is 4.08. The van der Waals surface area contributed by atoms with E-state index in [9.17, 15) is 8.78 Å². The lowest BCUT2D eigenvalue weighted by Gasteiger charge is -2.08. The molecule has 0 aliphatic rings. The maximum Gasteiger partial charge on any atom is 0.261 e. The molecule has 2 rings (SSSR count). The van der Waals surface area contributed by atoms with E-state index in [2.05, 4.69) is 25.9 Å². The van der Waals surface area contributed by atoms with Gasteiger partial charge in [0.15, 0.2) is 5.65 Å². The predicted molar refractivity (Wildman–Crippen MR) is 76.5 cm³/mol. The first-order valence-corrected chi connectivity index (χ1v) is 7.37. The molecule has 0 unspecified atom stereocenters. The largest absolute Gasteiger partial charge is 0.374 e. The monoisotopic (exact) mass is 367 g/mol. The van der Waals surface area contributed by atoms with Crippen molar-refractivity contribution in [1.82, 2.24) is 14.5 Å². The highest BCUT2D eigenvalue weighted by molar-refractivity contribution is 9.10. The lowest BCUT2D eigenvalue weighted by Crippen LogP contribution is -2.13. The van der Waals surface area contributed by atoms with Crippen molar-refractivity contribution in [2.75, 3.05) is 19.1 Å². The van der Waals surface area contributed by atoms with Crippen LogP contribution in [0.1, 0.15) is 5.82 Å². The summed E-state index contributed by atoms with van der Waals surface area (Å²) < 4.78 is 31.6. The summed E-state index contributed by atoms with van der Waals surface area (Å²) in [7, 11) is 0. The summed E-state index contributed by atoms with van der Waals surface area (Å²) in [6, 6.07) is 1.86. The van der Waals surface area contributed by atoms with Gasteiger partial charge in [-0.1, -0.05) is 0 Å². The molecule has 0 spiro atoms. The topological polar surface area (TPSA) is 39.9 Å². The lowest BCUT2D eigenvalue weighted by molar-refractivity contribution is 0.0148. The van der Waals surface area contributed by atoms with Gasteiger partial charge in [-0.05, 0) is 22.0 Å². The number of imidazole rings is 1. The molecule has 2 heterocycles. The molecule has 0 radical (unpaired) electrons. The Morgan fingerprint density at radius 3 is 2.95 bits per heavy atom. The Hall–Kier alpha value is -0.790. The Kier molecular flexibility index (Phi) is 5.68. The van der Waals surface area contributed by atoms with E-state index < -0.39 is 13.0 Å². The van der Waals surface area contributed by atoms with Crippen molar-refractivity contribution in [3.05, 3.63) is 22.6 Å². The zero-order valence-corrected chi connectivity index (χ0v) is 12.9. The van der Waals surface area contributed by atoms with Crippen molar-refractivity contribution >= 4 is 38.7 Å². The quantitative estimate of drug-likeness (QED) is 0.556. The van der Waals surface area contributed by atoms with Gasteiger partial charge in [0, 0.05) is 29.5 Å². The minimum atomic E-state index is -2.45. The molecule has 2 aromatic rings. The zero-order chi connectivity index (χ0) is 14.5. The van der Waals surface area contributed by atoms with Gasteiger partial charge in [-0.3, -0.25) is 0 Å². The van der Waals surface area contributed by atoms with Crippen LogP contribution in [-0.4, -0.2) is 40.1 Å². The molecule has 0 aliphatic heterocycles. The number of halogens is 4. The standard InChI is InChI=1S/C12H13BrClF2N3O/c13-8-5-9-12(17-6-8)19(11(18-9)1-2-14)3-4-20-7-10(15)16/h5-6,10H,1-4,7H2. The van der Waals surface area contributed by atoms with Crippen molar-refractivity contribution in [2.45, 2.75) is 19.4 Å². The number of rotatable bonds is 7. The molecule has 0 saturated heterocycles. The highest BCUT2D eigenvalue weighted by Gasteiger charge is 2.12. The van der Waals surface area contributed by atoms with Crippen molar-refractivity contribution < 1.29 is 13.5 Å². The van der Waals surface area contributed by atoms with Gasteiger partial charge in [0.05, 0.1) is 6.61 Å². The van der Waals surface area contributed by atoms with Gasteiger partial charge in [0.25, 0.3) is 6.43 Å². The molecule has 2 aromatic heterocycles. The van der Waals surface area contributed by atoms with Crippen LogP contribution in [0.25, 0.3) is 11.2 Å². The van der Waals surface area contributed by atoms with Crippen molar-refractivity contribution in [3.8, 4) is 0 Å². The highest BCUT2D eigenvalue weighted by Crippen LogP contribution is 2.19. The first kappa shape index (κ1) is 15.6. The fourth-order valence-electron chi connectivity index (χ4n) is 1.87. The Balaban J connectivity index is 2.17. The van der Waals surface area contributed by atoms with Gasteiger partial charge in [-0.15, -0.1) is 11.6 Å². The molecule has 0 bridgehead atoms. The number of ether oxygens (including phenoxy) is 1. The average Bonchev–Trinajstić information content (AvgIpc) is 2.72.